The summed E-state index contributed by atoms with van der Waals surface area (Å²) < 4.78 is 6.60. The van der Waals surface area contributed by atoms with Gasteiger partial charge in [-0.2, -0.15) is 0 Å². The molecule has 0 saturated carbocycles. The summed E-state index contributed by atoms with van der Waals surface area (Å²) in [6.07, 6.45) is 0. The van der Waals surface area contributed by atoms with Crippen molar-refractivity contribution in [1.29, 1.82) is 0 Å². The van der Waals surface area contributed by atoms with Crippen molar-refractivity contribution in [3.8, 4) is 11.5 Å². The molecule has 0 fully saturated rings. The van der Waals surface area contributed by atoms with Gasteiger partial charge in [-0.1, -0.05) is 12.1 Å². The standard InChI is InChI=1S/C15H13O4.Al/c1-10-7-11(14(16)13(8-10)15(17)18)9-19-12-5-3-2-4-6-12;/h3-8,16H,9H2,1H3,(H,17,18);. The Balaban J connectivity index is 2.21. The van der Waals surface area contributed by atoms with Gasteiger partial charge in [-0.3, -0.25) is 0 Å². The second-order valence-corrected chi connectivity index (χ2v) is 5.15. The minimum atomic E-state index is -1.15. The topological polar surface area (TPSA) is 66.8 Å². The zero-order chi connectivity index (χ0) is 14.7. The maximum absolute atomic E-state index is 11.0. The first kappa shape index (κ1) is 14.5. The Hall–Kier alpha value is -1.96. The van der Waals surface area contributed by atoms with Crippen molar-refractivity contribution in [2.75, 3.05) is 0 Å². The molecule has 5 heteroatoms. The first-order valence-electron chi connectivity index (χ1n) is 6.01. The van der Waals surface area contributed by atoms with Crippen molar-refractivity contribution in [3.05, 3.63) is 53.1 Å². The lowest BCUT2D eigenvalue weighted by Gasteiger charge is -2.11. The number of hydrogen-bond donors (Lipinski definition) is 2. The zero-order valence-electron chi connectivity index (χ0n) is 11.0. The van der Waals surface area contributed by atoms with Gasteiger partial charge < -0.3 is 14.9 Å². The molecule has 0 heterocycles. The zero-order valence-corrected chi connectivity index (χ0v) is 12.1. The van der Waals surface area contributed by atoms with Crippen molar-refractivity contribution in [2.45, 2.75) is 13.5 Å². The van der Waals surface area contributed by atoms with E-state index in [1.165, 1.54) is 6.07 Å². The molecule has 20 heavy (non-hydrogen) atoms. The summed E-state index contributed by atoms with van der Waals surface area (Å²) in [5.74, 6) is -0.737. The third kappa shape index (κ3) is 3.32. The SMILES string of the molecule is Cc1cc(COc2cc[c]([Al])cc2)c(O)c(C(=O)O)c1. The number of carboxylic acids is 1. The molecule has 0 aromatic heterocycles. The van der Waals surface area contributed by atoms with Crippen LogP contribution in [0.15, 0.2) is 36.4 Å². The van der Waals surface area contributed by atoms with E-state index in [4.69, 9.17) is 9.84 Å². The van der Waals surface area contributed by atoms with Crippen LogP contribution in [0.1, 0.15) is 21.5 Å². The molecule has 2 N–H and O–H groups in total. The summed E-state index contributed by atoms with van der Waals surface area (Å²) in [6.45, 7) is 1.89. The fourth-order valence-corrected chi connectivity index (χ4v) is 2.04. The number of rotatable bonds is 4. The molecule has 2 aromatic carbocycles. The Morgan fingerprint density at radius 3 is 2.50 bits per heavy atom. The first-order chi connectivity index (χ1) is 9.47. The van der Waals surface area contributed by atoms with Gasteiger partial charge in [0.2, 0.25) is 0 Å². The van der Waals surface area contributed by atoms with E-state index in [0.717, 1.165) is 9.99 Å². The Labute approximate surface area is 125 Å². The largest absolute Gasteiger partial charge is 0.507 e. The molecule has 0 atom stereocenters. The fraction of sp³-hybridized carbons (Fsp3) is 0.133. The average molecular weight is 284 g/mol. The number of aromatic carboxylic acids is 1. The van der Waals surface area contributed by atoms with Crippen LogP contribution in [0.25, 0.3) is 0 Å². The summed E-state index contributed by atoms with van der Waals surface area (Å²) >= 11 is 2.58. The van der Waals surface area contributed by atoms with Crippen molar-refractivity contribution in [2.24, 2.45) is 0 Å². The van der Waals surface area contributed by atoms with Crippen LogP contribution in [0.4, 0.5) is 0 Å². The van der Waals surface area contributed by atoms with Gasteiger partial charge in [0.25, 0.3) is 0 Å². The Morgan fingerprint density at radius 1 is 1.25 bits per heavy atom. The second-order valence-electron chi connectivity index (χ2n) is 4.48. The highest BCUT2D eigenvalue weighted by molar-refractivity contribution is 6.32. The van der Waals surface area contributed by atoms with E-state index >= 15 is 0 Å². The molecule has 2 aromatic rings. The lowest BCUT2D eigenvalue weighted by atomic mass is 10.1. The first-order valence-corrected chi connectivity index (χ1v) is 6.59. The van der Waals surface area contributed by atoms with Gasteiger partial charge in [-0.25, -0.2) is 4.79 Å². The number of aryl methyl sites for hydroxylation is 1. The van der Waals surface area contributed by atoms with Gasteiger partial charge >= 0.3 is 5.97 Å². The summed E-state index contributed by atoms with van der Waals surface area (Å²) in [4.78, 5) is 11.0. The summed E-state index contributed by atoms with van der Waals surface area (Å²) in [5.41, 5.74) is 1.11. The van der Waals surface area contributed by atoms with Crippen molar-refractivity contribution >= 4 is 26.7 Å². The van der Waals surface area contributed by atoms with Crippen LogP contribution in [0.5, 0.6) is 11.5 Å². The highest BCUT2D eigenvalue weighted by atomic mass is 27.0. The molecule has 0 aliphatic rings. The highest BCUT2D eigenvalue weighted by Gasteiger charge is 2.14. The number of carboxylic acid groups (broad SMARTS) is 1. The van der Waals surface area contributed by atoms with E-state index in [9.17, 15) is 9.90 Å². The van der Waals surface area contributed by atoms with Gasteiger partial charge in [0, 0.05) is 5.56 Å². The molecule has 0 spiro atoms. The van der Waals surface area contributed by atoms with E-state index < -0.39 is 5.97 Å². The molecule has 0 aliphatic heterocycles. The molecule has 0 aliphatic carbocycles. The number of hydrogen-bond acceptors (Lipinski definition) is 3. The minimum Gasteiger partial charge on any atom is -0.507 e. The lowest BCUT2D eigenvalue weighted by Crippen LogP contribution is -2.04. The molecule has 0 saturated heterocycles. The van der Waals surface area contributed by atoms with E-state index in [0.29, 0.717) is 11.3 Å². The lowest BCUT2D eigenvalue weighted by molar-refractivity contribution is 0.0693. The molecule has 4 nitrogen and oxygen atoms in total. The number of ether oxygens (including phenoxy) is 1. The number of phenols is 1. The summed E-state index contributed by atoms with van der Waals surface area (Å²) in [7, 11) is 0. The number of aromatic hydroxyl groups is 1. The maximum atomic E-state index is 11.0. The Bertz CT molecular complexity index is 635. The Morgan fingerprint density at radius 2 is 1.90 bits per heavy atom. The van der Waals surface area contributed by atoms with Crippen LogP contribution < -0.4 is 9.16 Å². The molecule has 2 rings (SSSR count). The van der Waals surface area contributed by atoms with Gasteiger partial charge in [-0.15, -0.1) is 4.43 Å². The van der Waals surface area contributed by atoms with Crippen molar-refractivity contribution in [3.63, 3.8) is 0 Å². The summed E-state index contributed by atoms with van der Waals surface area (Å²) in [6, 6.07) is 10.5. The van der Waals surface area contributed by atoms with Crippen LogP contribution in [-0.2, 0) is 6.61 Å². The average Bonchev–Trinajstić information content (AvgIpc) is 2.41. The van der Waals surface area contributed by atoms with E-state index in [-0.39, 0.29) is 17.9 Å². The molecule has 0 bridgehead atoms. The number of carbonyl (C=O) groups is 1. The quantitative estimate of drug-likeness (QED) is 0.840. The van der Waals surface area contributed by atoms with Crippen molar-refractivity contribution in [1.82, 2.24) is 0 Å². The second kappa shape index (κ2) is 6.00. The maximum Gasteiger partial charge on any atom is 0.339 e. The highest BCUT2D eigenvalue weighted by Crippen LogP contribution is 2.26. The monoisotopic (exact) mass is 284 g/mol. The van der Waals surface area contributed by atoms with Crippen LogP contribution in [0, 0.1) is 6.92 Å². The third-order valence-electron chi connectivity index (χ3n) is 2.84. The predicted molar refractivity (Wildman–Crippen MR) is 76.0 cm³/mol. The molecular weight excluding hydrogens is 271 g/mol. The smallest absolute Gasteiger partial charge is 0.339 e. The van der Waals surface area contributed by atoms with Gasteiger partial charge in [0.15, 0.2) is 16.3 Å². The van der Waals surface area contributed by atoms with Crippen LogP contribution >= 0.6 is 0 Å². The van der Waals surface area contributed by atoms with E-state index in [1.54, 1.807) is 13.0 Å². The molecular formula is C15H13AlO4. The van der Waals surface area contributed by atoms with Gasteiger partial charge in [-0.05, 0) is 36.8 Å². The summed E-state index contributed by atoms with van der Waals surface area (Å²) in [5, 5.41) is 19.0. The normalized spacial score (nSPS) is 10.2. The fourth-order valence-electron chi connectivity index (χ4n) is 1.85. The van der Waals surface area contributed by atoms with E-state index in [1.807, 2.05) is 24.3 Å². The Kier molecular flexibility index (Phi) is 4.33. The predicted octanol–water partition coefficient (Wildman–Crippen LogP) is 1.77. The molecule has 2 radical (unpaired) electrons. The van der Waals surface area contributed by atoms with E-state index in [2.05, 4.69) is 16.3 Å². The third-order valence-corrected chi connectivity index (χ3v) is 3.22. The minimum absolute atomic E-state index is 0.107. The van der Waals surface area contributed by atoms with Crippen LogP contribution in [-0.4, -0.2) is 32.5 Å². The molecule has 100 valence electrons. The molecule has 0 unspecified atom stereocenters. The molecule has 0 amide bonds. The van der Waals surface area contributed by atoms with Crippen LogP contribution in [0.3, 0.4) is 0 Å². The van der Waals surface area contributed by atoms with Crippen LogP contribution in [0.2, 0.25) is 0 Å². The van der Waals surface area contributed by atoms with Gasteiger partial charge in [0.05, 0.1) is 0 Å². The number of benzene rings is 2. The van der Waals surface area contributed by atoms with Crippen molar-refractivity contribution < 1.29 is 19.7 Å². The van der Waals surface area contributed by atoms with Gasteiger partial charge in [0.1, 0.15) is 23.7 Å².